The van der Waals surface area contributed by atoms with Crippen molar-refractivity contribution in [3.63, 3.8) is 0 Å². The number of hydrogen-bond acceptors (Lipinski definition) is 4. The van der Waals surface area contributed by atoms with Crippen LogP contribution in [0.2, 0.25) is 0 Å². The van der Waals surface area contributed by atoms with Crippen molar-refractivity contribution >= 4 is 17.6 Å². The van der Waals surface area contributed by atoms with Crippen molar-refractivity contribution in [2.24, 2.45) is 0 Å². The molecule has 1 atom stereocenters. The molecule has 3 rings (SSSR count). The first kappa shape index (κ1) is 19.2. The summed E-state index contributed by atoms with van der Waals surface area (Å²) in [5.41, 5.74) is 2.00. The van der Waals surface area contributed by atoms with E-state index < -0.39 is 18.0 Å². The number of carbonyl (C=O) groups excluding carboxylic acids is 2. The largest absolute Gasteiger partial charge is 0.489 e. The number of benzene rings is 3. The van der Waals surface area contributed by atoms with E-state index in [9.17, 15) is 9.59 Å². The summed E-state index contributed by atoms with van der Waals surface area (Å²) in [6, 6.07) is 25.5. The maximum atomic E-state index is 12.4. The van der Waals surface area contributed by atoms with Gasteiger partial charge in [-0.2, -0.15) is 0 Å². The lowest BCUT2D eigenvalue weighted by atomic mass is 10.2. The zero-order chi connectivity index (χ0) is 19.8. The van der Waals surface area contributed by atoms with E-state index in [0.29, 0.717) is 23.6 Å². The molecule has 0 bridgehead atoms. The molecule has 3 aromatic rings. The molecule has 142 valence electrons. The number of hydrogen-bond donors (Lipinski definition) is 1. The monoisotopic (exact) mass is 375 g/mol. The Morgan fingerprint density at radius 2 is 1.57 bits per heavy atom. The summed E-state index contributed by atoms with van der Waals surface area (Å²) in [6.07, 6.45) is -0.929. The van der Waals surface area contributed by atoms with Crippen molar-refractivity contribution in [3.05, 3.63) is 96.1 Å². The molecule has 0 fully saturated rings. The molecular formula is C23H21NO4. The van der Waals surface area contributed by atoms with Crippen LogP contribution in [-0.4, -0.2) is 18.0 Å². The number of carbonyl (C=O) groups is 2. The van der Waals surface area contributed by atoms with E-state index in [-0.39, 0.29) is 0 Å². The number of esters is 1. The molecule has 0 saturated heterocycles. The van der Waals surface area contributed by atoms with Crippen LogP contribution in [0.4, 0.5) is 5.69 Å². The van der Waals surface area contributed by atoms with Gasteiger partial charge in [0.05, 0.1) is 5.56 Å². The molecule has 0 aromatic heterocycles. The summed E-state index contributed by atoms with van der Waals surface area (Å²) >= 11 is 0. The third-order valence-electron chi connectivity index (χ3n) is 4.01. The van der Waals surface area contributed by atoms with E-state index in [1.165, 1.54) is 6.92 Å². The predicted molar refractivity (Wildman–Crippen MR) is 107 cm³/mol. The van der Waals surface area contributed by atoms with Gasteiger partial charge >= 0.3 is 5.97 Å². The Kier molecular flexibility index (Phi) is 6.41. The minimum Gasteiger partial charge on any atom is -0.489 e. The van der Waals surface area contributed by atoms with Crippen molar-refractivity contribution in [2.45, 2.75) is 19.6 Å². The highest BCUT2D eigenvalue weighted by molar-refractivity contribution is 5.97. The highest BCUT2D eigenvalue weighted by atomic mass is 16.5. The fourth-order valence-electron chi connectivity index (χ4n) is 2.50. The minimum atomic E-state index is -0.929. The Labute approximate surface area is 163 Å². The average Bonchev–Trinajstić information content (AvgIpc) is 2.74. The van der Waals surface area contributed by atoms with E-state index >= 15 is 0 Å². The predicted octanol–water partition coefficient (Wildman–Crippen LogP) is 4.45. The lowest BCUT2D eigenvalue weighted by Crippen LogP contribution is -2.30. The molecule has 0 saturated carbocycles. The smallest absolute Gasteiger partial charge is 0.339 e. The Morgan fingerprint density at radius 1 is 0.893 bits per heavy atom. The molecule has 0 aliphatic rings. The second-order valence-corrected chi connectivity index (χ2v) is 6.20. The molecule has 28 heavy (non-hydrogen) atoms. The van der Waals surface area contributed by atoms with Crippen LogP contribution in [0.3, 0.4) is 0 Å². The normalized spacial score (nSPS) is 11.3. The van der Waals surface area contributed by atoms with Gasteiger partial charge in [0.2, 0.25) is 0 Å². The van der Waals surface area contributed by atoms with E-state index in [0.717, 1.165) is 5.56 Å². The topological polar surface area (TPSA) is 64.6 Å². The lowest BCUT2D eigenvalue weighted by Gasteiger charge is -2.14. The summed E-state index contributed by atoms with van der Waals surface area (Å²) in [5.74, 6) is -0.420. The standard InChI is InChI=1S/C23H21NO4/c1-17(22(25)24-20-12-6-3-7-13-20)28-23(26)19-11-8-14-21(15-19)27-16-18-9-4-2-5-10-18/h2-15,17H,16H2,1H3,(H,24,25)/t17-/m1/s1. The molecule has 0 spiro atoms. The summed E-state index contributed by atoms with van der Waals surface area (Å²) in [6.45, 7) is 1.93. The SMILES string of the molecule is C[C@@H](OC(=O)c1cccc(OCc2ccccc2)c1)C(=O)Nc1ccccc1. The van der Waals surface area contributed by atoms with Gasteiger partial charge in [-0.3, -0.25) is 4.79 Å². The molecule has 0 heterocycles. The van der Waals surface area contributed by atoms with Crippen molar-refractivity contribution in [1.82, 2.24) is 0 Å². The van der Waals surface area contributed by atoms with Gasteiger partial charge in [0, 0.05) is 5.69 Å². The summed E-state index contributed by atoms with van der Waals surface area (Å²) < 4.78 is 11.0. The fraction of sp³-hybridized carbons (Fsp3) is 0.130. The molecule has 5 heteroatoms. The Morgan fingerprint density at radius 3 is 2.29 bits per heavy atom. The van der Waals surface area contributed by atoms with Gasteiger partial charge in [-0.1, -0.05) is 54.6 Å². The molecule has 0 aliphatic heterocycles. The van der Waals surface area contributed by atoms with Crippen molar-refractivity contribution in [2.75, 3.05) is 5.32 Å². The zero-order valence-corrected chi connectivity index (χ0v) is 15.5. The van der Waals surface area contributed by atoms with E-state index in [1.54, 1.807) is 36.4 Å². The number of anilines is 1. The third-order valence-corrected chi connectivity index (χ3v) is 4.01. The third kappa shape index (κ3) is 5.45. The highest BCUT2D eigenvalue weighted by Gasteiger charge is 2.19. The maximum absolute atomic E-state index is 12.4. The van der Waals surface area contributed by atoms with Gasteiger partial charge in [-0.05, 0) is 42.8 Å². The summed E-state index contributed by atoms with van der Waals surface area (Å²) in [7, 11) is 0. The van der Waals surface area contributed by atoms with Crippen LogP contribution in [0.25, 0.3) is 0 Å². The Bertz CT molecular complexity index is 926. The Balaban J connectivity index is 1.57. The van der Waals surface area contributed by atoms with E-state index in [1.807, 2.05) is 48.5 Å². The number of nitrogens with one attached hydrogen (secondary N) is 1. The molecule has 5 nitrogen and oxygen atoms in total. The van der Waals surface area contributed by atoms with Crippen molar-refractivity contribution in [1.29, 1.82) is 0 Å². The Hall–Kier alpha value is -3.60. The molecular weight excluding hydrogens is 354 g/mol. The van der Waals surface area contributed by atoms with Crippen LogP contribution in [0.15, 0.2) is 84.9 Å². The van der Waals surface area contributed by atoms with E-state index in [2.05, 4.69) is 5.32 Å². The zero-order valence-electron chi connectivity index (χ0n) is 15.5. The van der Waals surface area contributed by atoms with Crippen molar-refractivity contribution in [3.8, 4) is 5.75 Å². The first-order chi connectivity index (χ1) is 13.6. The van der Waals surface area contributed by atoms with Crippen LogP contribution in [0.1, 0.15) is 22.8 Å². The second-order valence-electron chi connectivity index (χ2n) is 6.20. The molecule has 1 amide bonds. The fourth-order valence-corrected chi connectivity index (χ4v) is 2.50. The number of para-hydroxylation sites is 1. The van der Waals surface area contributed by atoms with Gasteiger partial charge in [0.25, 0.3) is 5.91 Å². The number of amides is 1. The molecule has 0 unspecified atom stereocenters. The first-order valence-corrected chi connectivity index (χ1v) is 8.95. The molecule has 3 aromatic carbocycles. The molecule has 0 aliphatic carbocycles. The van der Waals surface area contributed by atoms with Gasteiger partial charge < -0.3 is 14.8 Å². The van der Waals surface area contributed by atoms with E-state index in [4.69, 9.17) is 9.47 Å². The van der Waals surface area contributed by atoms with Gasteiger partial charge in [-0.15, -0.1) is 0 Å². The van der Waals surface area contributed by atoms with Crippen LogP contribution < -0.4 is 10.1 Å². The van der Waals surface area contributed by atoms with Crippen LogP contribution in [-0.2, 0) is 16.1 Å². The quantitative estimate of drug-likeness (QED) is 0.620. The van der Waals surface area contributed by atoms with Crippen LogP contribution >= 0.6 is 0 Å². The molecule has 0 radical (unpaired) electrons. The van der Waals surface area contributed by atoms with Crippen molar-refractivity contribution < 1.29 is 19.1 Å². The maximum Gasteiger partial charge on any atom is 0.339 e. The second kappa shape index (κ2) is 9.37. The summed E-state index contributed by atoms with van der Waals surface area (Å²) in [5, 5.41) is 2.71. The van der Waals surface area contributed by atoms with Crippen LogP contribution in [0.5, 0.6) is 5.75 Å². The number of rotatable bonds is 7. The first-order valence-electron chi connectivity index (χ1n) is 8.95. The number of ether oxygens (including phenoxy) is 2. The minimum absolute atomic E-state index is 0.324. The van der Waals surface area contributed by atoms with Gasteiger partial charge in [-0.25, -0.2) is 4.79 Å². The highest BCUT2D eigenvalue weighted by Crippen LogP contribution is 2.17. The average molecular weight is 375 g/mol. The van der Waals surface area contributed by atoms with Gasteiger partial charge in [0.15, 0.2) is 6.10 Å². The van der Waals surface area contributed by atoms with Gasteiger partial charge in [0.1, 0.15) is 12.4 Å². The molecule has 1 N–H and O–H groups in total. The summed E-state index contributed by atoms with van der Waals surface area (Å²) in [4.78, 5) is 24.6. The van der Waals surface area contributed by atoms with Crippen LogP contribution in [0, 0.1) is 0 Å². The lowest BCUT2D eigenvalue weighted by molar-refractivity contribution is -0.123.